The number of rotatable bonds is 4. The fourth-order valence-electron chi connectivity index (χ4n) is 7.25. The molecule has 4 N–H and O–H groups in total. The van der Waals surface area contributed by atoms with Crippen LogP contribution in [0.5, 0.6) is 0 Å². The van der Waals surface area contributed by atoms with Gasteiger partial charge in [0.05, 0.1) is 33.4 Å². The Bertz CT molecular complexity index is 1480. The summed E-state index contributed by atoms with van der Waals surface area (Å²) in [4.78, 5) is 25.3. The molecular formula is C35H41Cl4N2NaO6. The van der Waals surface area contributed by atoms with E-state index in [0.29, 0.717) is 57.3 Å². The summed E-state index contributed by atoms with van der Waals surface area (Å²) in [5.41, 5.74) is 3.98. The summed E-state index contributed by atoms with van der Waals surface area (Å²) in [6, 6.07) is 6.87. The van der Waals surface area contributed by atoms with Gasteiger partial charge in [0.25, 0.3) is 11.8 Å². The third kappa shape index (κ3) is 7.79. The van der Waals surface area contributed by atoms with Crippen molar-refractivity contribution < 1.29 is 59.2 Å². The standard InChI is InChI=1S/C18H21Cl2NO2.C17H19Cl2NO3.Na.H2O/c1-4-13-9-18(5-6-23-13)11(3)16(17(22)21-18)15-10(2)7-12(19)8-14(15)20;1-3-11-8-17(4-5-23-11)15(21)14(16(22)20-17)13-9(2)6-10(18)7-12(13)19;;/h7-8,13H,4-6,9H2,1-3H3,(H,21,22);6-7,11,21H,3-5,8H2,1-2H3,(H,20,22);;1H2/q;;+1;/p-1. The maximum atomic E-state index is 12.7. The van der Waals surface area contributed by atoms with Crippen molar-refractivity contribution in [2.45, 2.75) is 96.4 Å². The van der Waals surface area contributed by atoms with Gasteiger partial charge in [-0.25, -0.2) is 0 Å². The second-order valence-corrected chi connectivity index (χ2v) is 14.4. The van der Waals surface area contributed by atoms with Crippen molar-refractivity contribution in [3.05, 3.63) is 77.9 Å². The van der Waals surface area contributed by atoms with Crippen molar-refractivity contribution in [3.8, 4) is 0 Å². The predicted molar refractivity (Wildman–Crippen MR) is 187 cm³/mol. The van der Waals surface area contributed by atoms with E-state index in [1.807, 2.05) is 33.8 Å². The fourth-order valence-corrected chi connectivity index (χ4v) is 8.63. The maximum absolute atomic E-state index is 12.7. The molecule has 2 aromatic carbocycles. The molecule has 2 saturated heterocycles. The number of hydrogen-bond acceptors (Lipinski definition) is 6. The molecule has 0 radical (unpaired) electrons. The molecule has 0 aromatic heterocycles. The zero-order valence-corrected chi connectivity index (χ0v) is 33.2. The number of aliphatic hydroxyl groups excluding tert-OH is 1. The first kappa shape index (κ1) is 41.1. The number of carbonyl (C=O) groups excluding carboxylic acids is 2. The Morgan fingerprint density at radius 1 is 0.750 bits per heavy atom. The van der Waals surface area contributed by atoms with E-state index in [2.05, 4.69) is 17.6 Å². The largest absolute Gasteiger partial charge is 1.00 e. The second kappa shape index (κ2) is 16.4. The first-order valence-electron chi connectivity index (χ1n) is 15.7. The molecular weight excluding hydrogens is 709 g/mol. The third-order valence-corrected chi connectivity index (χ3v) is 10.8. The third-order valence-electron chi connectivity index (χ3n) is 9.77. The van der Waals surface area contributed by atoms with Crippen molar-refractivity contribution in [2.24, 2.45) is 0 Å². The molecule has 2 amide bonds. The van der Waals surface area contributed by atoms with Crippen molar-refractivity contribution in [3.63, 3.8) is 0 Å². The Balaban J connectivity index is 0.000000250. The summed E-state index contributed by atoms with van der Waals surface area (Å²) < 4.78 is 11.5. The summed E-state index contributed by atoms with van der Waals surface area (Å²) in [7, 11) is 0. The smallest absolute Gasteiger partial charge is 0.870 e. The average molecular weight is 751 g/mol. The van der Waals surface area contributed by atoms with Gasteiger partial charge < -0.3 is 30.7 Å². The van der Waals surface area contributed by atoms with Crippen molar-refractivity contribution in [2.75, 3.05) is 13.2 Å². The van der Waals surface area contributed by atoms with Gasteiger partial charge in [0, 0.05) is 59.2 Å². The Morgan fingerprint density at radius 3 is 1.65 bits per heavy atom. The van der Waals surface area contributed by atoms with Crippen LogP contribution < -0.4 is 40.2 Å². The number of ether oxygens (including phenoxy) is 2. The van der Waals surface area contributed by atoms with Crippen LogP contribution in [0.4, 0.5) is 0 Å². The summed E-state index contributed by atoms with van der Waals surface area (Å²) in [5, 5.41) is 19.0. The summed E-state index contributed by atoms with van der Waals surface area (Å²) in [6.45, 7) is 11.1. The minimum atomic E-state index is -0.749. The normalized spacial score (nSPS) is 26.5. The molecule has 4 aliphatic heterocycles. The van der Waals surface area contributed by atoms with Gasteiger partial charge in [0.1, 0.15) is 11.3 Å². The van der Waals surface area contributed by atoms with Gasteiger partial charge in [0.15, 0.2) is 0 Å². The van der Waals surface area contributed by atoms with Crippen LogP contribution in [-0.4, -0.2) is 58.9 Å². The van der Waals surface area contributed by atoms with E-state index in [0.717, 1.165) is 47.9 Å². The molecule has 0 bridgehead atoms. The molecule has 256 valence electrons. The molecule has 4 atom stereocenters. The molecule has 4 aliphatic rings. The topological polar surface area (TPSA) is 127 Å². The van der Waals surface area contributed by atoms with Gasteiger partial charge in [-0.1, -0.05) is 60.3 Å². The number of nitrogens with one attached hydrogen (secondary N) is 2. The number of halogens is 4. The van der Waals surface area contributed by atoms with Crippen molar-refractivity contribution in [1.82, 2.24) is 10.6 Å². The SMILES string of the molecule is CCC1CC2(CCO1)NC(=O)C(c1c(C)cc(Cl)cc1Cl)=C2C.CCC1CC2(CCO1)NC(=O)C(c1c(C)cc(Cl)cc1Cl)=C2O.[Na+].[OH-]. The van der Waals surface area contributed by atoms with E-state index in [9.17, 15) is 14.7 Å². The van der Waals surface area contributed by atoms with Crippen molar-refractivity contribution >= 4 is 69.4 Å². The molecule has 2 fully saturated rings. The molecule has 2 spiro atoms. The number of amides is 2. The van der Waals surface area contributed by atoms with E-state index in [4.69, 9.17) is 55.9 Å². The van der Waals surface area contributed by atoms with Crippen LogP contribution in [0, 0.1) is 13.8 Å². The number of hydrogen-bond donors (Lipinski definition) is 3. The van der Waals surface area contributed by atoms with Gasteiger partial charge in [-0.05, 0) is 81.0 Å². The average Bonchev–Trinajstić information content (AvgIpc) is 3.35. The molecule has 0 saturated carbocycles. The zero-order chi connectivity index (χ0) is 33.6. The van der Waals surface area contributed by atoms with Crippen LogP contribution in [0.3, 0.4) is 0 Å². The van der Waals surface area contributed by atoms with E-state index in [1.54, 1.807) is 18.2 Å². The van der Waals surface area contributed by atoms with Crippen LogP contribution in [0.15, 0.2) is 35.6 Å². The Labute approximate surface area is 324 Å². The Hall–Kier alpha value is -1.30. The van der Waals surface area contributed by atoms with Crippen LogP contribution in [0.25, 0.3) is 11.1 Å². The quantitative estimate of drug-likeness (QED) is 0.360. The summed E-state index contributed by atoms with van der Waals surface area (Å²) in [5.74, 6) is -0.283. The molecule has 2 aromatic rings. The molecule has 13 heteroatoms. The molecule has 4 heterocycles. The number of aryl methyl sites for hydroxylation is 2. The zero-order valence-electron chi connectivity index (χ0n) is 28.2. The number of carbonyl (C=O) groups is 2. The van der Waals surface area contributed by atoms with Gasteiger partial charge in [-0.15, -0.1) is 0 Å². The number of benzene rings is 2. The molecule has 4 unspecified atom stereocenters. The molecule has 6 rings (SSSR count). The van der Waals surface area contributed by atoms with Crippen LogP contribution in [0.2, 0.25) is 20.1 Å². The number of aliphatic hydroxyl groups is 1. The van der Waals surface area contributed by atoms with E-state index in [1.165, 1.54) is 0 Å². The summed E-state index contributed by atoms with van der Waals surface area (Å²) >= 11 is 24.8. The monoisotopic (exact) mass is 748 g/mol. The van der Waals surface area contributed by atoms with Gasteiger partial charge in [-0.3, -0.25) is 9.59 Å². The van der Waals surface area contributed by atoms with Crippen LogP contribution >= 0.6 is 46.4 Å². The minimum Gasteiger partial charge on any atom is -0.870 e. The van der Waals surface area contributed by atoms with Gasteiger partial charge in [0.2, 0.25) is 0 Å². The fraction of sp³-hybridized carbons (Fsp3) is 0.486. The van der Waals surface area contributed by atoms with E-state index in [-0.39, 0.29) is 75.9 Å². The maximum Gasteiger partial charge on any atom is 1.00 e. The Kier molecular flexibility index (Phi) is 14.0. The van der Waals surface area contributed by atoms with Crippen LogP contribution in [0.1, 0.15) is 81.5 Å². The molecule has 48 heavy (non-hydrogen) atoms. The van der Waals surface area contributed by atoms with E-state index >= 15 is 0 Å². The molecule has 8 nitrogen and oxygen atoms in total. The predicted octanol–water partition coefficient (Wildman–Crippen LogP) is 5.39. The van der Waals surface area contributed by atoms with Gasteiger partial charge >= 0.3 is 29.6 Å². The summed E-state index contributed by atoms with van der Waals surface area (Å²) in [6.07, 6.45) is 4.71. The Morgan fingerprint density at radius 2 is 1.17 bits per heavy atom. The molecule has 0 aliphatic carbocycles. The van der Waals surface area contributed by atoms with Gasteiger partial charge in [-0.2, -0.15) is 0 Å². The minimum absolute atomic E-state index is 0. The first-order valence-corrected chi connectivity index (χ1v) is 17.2. The van der Waals surface area contributed by atoms with Crippen LogP contribution in [-0.2, 0) is 19.1 Å². The van der Waals surface area contributed by atoms with E-state index < -0.39 is 5.54 Å². The second-order valence-electron chi connectivity index (χ2n) is 12.7. The van der Waals surface area contributed by atoms with Crippen molar-refractivity contribution in [1.29, 1.82) is 0 Å². The first-order chi connectivity index (χ1) is 21.8.